The van der Waals surface area contributed by atoms with E-state index in [1.807, 2.05) is 13.8 Å². The van der Waals surface area contributed by atoms with Crippen LogP contribution in [0.1, 0.15) is 37.0 Å². The van der Waals surface area contributed by atoms with Crippen LogP contribution in [-0.2, 0) is 9.59 Å². The summed E-state index contributed by atoms with van der Waals surface area (Å²) in [6, 6.07) is 13.7. The highest BCUT2D eigenvalue weighted by atomic mass is 16.5. The second-order valence-corrected chi connectivity index (χ2v) is 5.94. The van der Waals surface area contributed by atoms with E-state index >= 15 is 0 Å². The first-order valence-electron chi connectivity index (χ1n) is 9.37. The van der Waals surface area contributed by atoms with Crippen molar-refractivity contribution in [3.63, 3.8) is 0 Å². The fourth-order valence-electron chi connectivity index (χ4n) is 2.44. The van der Waals surface area contributed by atoms with Crippen LogP contribution in [0.15, 0.2) is 48.5 Å². The topological polar surface area (TPSA) is 106 Å². The maximum atomic E-state index is 12.2. The van der Waals surface area contributed by atoms with E-state index in [4.69, 9.17) is 9.47 Å². The van der Waals surface area contributed by atoms with Crippen molar-refractivity contribution in [2.45, 2.75) is 26.7 Å². The van der Waals surface area contributed by atoms with Gasteiger partial charge in [0.05, 0.1) is 18.8 Å². The third-order valence-corrected chi connectivity index (χ3v) is 3.78. The van der Waals surface area contributed by atoms with Crippen LogP contribution in [0, 0.1) is 0 Å². The lowest BCUT2D eigenvalue weighted by Gasteiger charge is -2.11. The lowest BCUT2D eigenvalue weighted by Crippen LogP contribution is -2.42. The number of benzene rings is 2. The van der Waals surface area contributed by atoms with Gasteiger partial charge in [0.1, 0.15) is 11.5 Å². The standard InChI is InChI=1S/C21H25N3O5/c1-3-28-16-11-9-15(10-12-16)22-19(25)13-14-20(26)23-24-21(27)17-7-5-6-8-18(17)29-4-2/h5-12H,3-4,13-14H2,1-2H3,(H,22,25)(H,23,26)(H,24,27). The molecule has 0 aliphatic carbocycles. The van der Waals surface area contributed by atoms with Crippen LogP contribution < -0.4 is 25.6 Å². The van der Waals surface area contributed by atoms with E-state index in [1.54, 1.807) is 48.5 Å². The normalized spacial score (nSPS) is 10.0. The Balaban J connectivity index is 1.75. The van der Waals surface area contributed by atoms with Crippen LogP contribution in [0.2, 0.25) is 0 Å². The van der Waals surface area contributed by atoms with Gasteiger partial charge >= 0.3 is 0 Å². The van der Waals surface area contributed by atoms with Crippen molar-refractivity contribution in [1.82, 2.24) is 10.9 Å². The average Bonchev–Trinajstić information content (AvgIpc) is 2.73. The van der Waals surface area contributed by atoms with Gasteiger partial charge in [-0.2, -0.15) is 0 Å². The first-order chi connectivity index (χ1) is 14.0. The molecular weight excluding hydrogens is 374 g/mol. The molecule has 2 aromatic rings. The third kappa shape index (κ3) is 7.17. The Labute approximate surface area is 169 Å². The summed E-state index contributed by atoms with van der Waals surface area (Å²) in [4.78, 5) is 36.1. The number of nitrogens with one attached hydrogen (secondary N) is 3. The van der Waals surface area contributed by atoms with Gasteiger partial charge in [0, 0.05) is 18.5 Å². The van der Waals surface area contributed by atoms with Crippen LogP contribution in [0.4, 0.5) is 5.69 Å². The van der Waals surface area contributed by atoms with Gasteiger partial charge in [0.15, 0.2) is 0 Å². The highest BCUT2D eigenvalue weighted by Gasteiger charge is 2.13. The molecule has 154 valence electrons. The smallest absolute Gasteiger partial charge is 0.273 e. The number of hydrogen-bond donors (Lipinski definition) is 3. The molecule has 8 nitrogen and oxygen atoms in total. The summed E-state index contributed by atoms with van der Waals surface area (Å²) in [5.41, 5.74) is 5.54. The number of ether oxygens (including phenoxy) is 2. The fraction of sp³-hybridized carbons (Fsp3) is 0.286. The molecule has 3 amide bonds. The number of hydrogen-bond acceptors (Lipinski definition) is 5. The molecule has 0 unspecified atom stereocenters. The first kappa shape index (κ1) is 21.7. The van der Waals surface area contributed by atoms with Crippen molar-refractivity contribution < 1.29 is 23.9 Å². The molecule has 0 aliphatic heterocycles. The van der Waals surface area contributed by atoms with E-state index in [9.17, 15) is 14.4 Å². The SMILES string of the molecule is CCOc1ccc(NC(=O)CCC(=O)NNC(=O)c2ccccc2OCC)cc1. The van der Waals surface area contributed by atoms with Crippen LogP contribution in [-0.4, -0.2) is 30.9 Å². The van der Waals surface area contributed by atoms with Gasteiger partial charge in [0.25, 0.3) is 5.91 Å². The zero-order valence-corrected chi connectivity index (χ0v) is 16.5. The molecule has 0 saturated heterocycles. The zero-order valence-electron chi connectivity index (χ0n) is 16.5. The molecule has 3 N–H and O–H groups in total. The Morgan fingerprint density at radius 1 is 0.793 bits per heavy atom. The van der Waals surface area contributed by atoms with E-state index in [1.165, 1.54) is 0 Å². The van der Waals surface area contributed by atoms with Crippen LogP contribution >= 0.6 is 0 Å². The number of anilines is 1. The minimum atomic E-state index is -0.499. The summed E-state index contributed by atoms with van der Waals surface area (Å²) in [6.45, 7) is 4.68. The predicted octanol–water partition coefficient (Wildman–Crippen LogP) is 2.66. The van der Waals surface area contributed by atoms with Crippen molar-refractivity contribution in [2.24, 2.45) is 0 Å². The molecule has 0 aliphatic rings. The average molecular weight is 399 g/mol. The molecule has 0 atom stereocenters. The van der Waals surface area contributed by atoms with Crippen molar-refractivity contribution >= 4 is 23.4 Å². The van der Waals surface area contributed by atoms with E-state index < -0.39 is 11.8 Å². The fourth-order valence-corrected chi connectivity index (χ4v) is 2.44. The number of para-hydroxylation sites is 1. The van der Waals surface area contributed by atoms with Crippen LogP contribution in [0.3, 0.4) is 0 Å². The quantitative estimate of drug-likeness (QED) is 0.562. The van der Waals surface area contributed by atoms with Crippen molar-refractivity contribution in [3.05, 3.63) is 54.1 Å². The van der Waals surface area contributed by atoms with Crippen LogP contribution in [0.5, 0.6) is 11.5 Å². The number of rotatable bonds is 9. The summed E-state index contributed by atoms with van der Waals surface area (Å²) < 4.78 is 10.7. The van der Waals surface area contributed by atoms with E-state index in [-0.39, 0.29) is 18.7 Å². The Hall–Kier alpha value is -3.55. The Bertz CT molecular complexity index is 836. The molecule has 0 spiro atoms. The largest absolute Gasteiger partial charge is 0.494 e. The van der Waals surface area contributed by atoms with Gasteiger partial charge in [-0.25, -0.2) is 0 Å². The molecular formula is C21H25N3O5. The van der Waals surface area contributed by atoms with E-state index in [0.29, 0.717) is 36.0 Å². The zero-order chi connectivity index (χ0) is 21.1. The number of carbonyl (C=O) groups excluding carboxylic acids is 3. The molecule has 0 fully saturated rings. The van der Waals surface area contributed by atoms with Gasteiger partial charge < -0.3 is 14.8 Å². The summed E-state index contributed by atoms with van der Waals surface area (Å²) in [6.07, 6.45) is -0.0965. The molecule has 29 heavy (non-hydrogen) atoms. The number of hydrazine groups is 1. The highest BCUT2D eigenvalue weighted by Crippen LogP contribution is 2.17. The molecule has 0 radical (unpaired) electrons. The van der Waals surface area contributed by atoms with Gasteiger partial charge in [0.2, 0.25) is 11.8 Å². The van der Waals surface area contributed by atoms with Crippen molar-refractivity contribution in [1.29, 1.82) is 0 Å². The maximum Gasteiger partial charge on any atom is 0.273 e. The highest BCUT2D eigenvalue weighted by molar-refractivity contribution is 5.98. The lowest BCUT2D eigenvalue weighted by molar-refractivity contribution is -0.124. The summed E-state index contributed by atoms with van der Waals surface area (Å²) in [7, 11) is 0. The summed E-state index contributed by atoms with van der Waals surface area (Å²) >= 11 is 0. The summed E-state index contributed by atoms with van der Waals surface area (Å²) in [5.74, 6) is -0.143. The monoisotopic (exact) mass is 399 g/mol. The van der Waals surface area contributed by atoms with E-state index in [2.05, 4.69) is 16.2 Å². The molecule has 0 saturated carbocycles. The third-order valence-electron chi connectivity index (χ3n) is 3.78. The lowest BCUT2D eigenvalue weighted by atomic mass is 10.2. The van der Waals surface area contributed by atoms with Gasteiger partial charge in [-0.3, -0.25) is 25.2 Å². The molecule has 0 bridgehead atoms. The molecule has 2 rings (SSSR count). The van der Waals surface area contributed by atoms with E-state index in [0.717, 1.165) is 0 Å². The maximum absolute atomic E-state index is 12.2. The predicted molar refractivity (Wildman–Crippen MR) is 109 cm³/mol. The Morgan fingerprint density at radius 3 is 2.14 bits per heavy atom. The molecule has 2 aromatic carbocycles. The minimum Gasteiger partial charge on any atom is -0.494 e. The first-order valence-corrected chi connectivity index (χ1v) is 9.37. The van der Waals surface area contributed by atoms with Gasteiger partial charge in [-0.05, 0) is 50.2 Å². The second kappa shape index (κ2) is 11.3. The molecule has 8 heteroatoms. The minimum absolute atomic E-state index is 0.0234. The molecule has 0 aromatic heterocycles. The van der Waals surface area contributed by atoms with Crippen LogP contribution in [0.25, 0.3) is 0 Å². The van der Waals surface area contributed by atoms with Gasteiger partial charge in [-0.15, -0.1) is 0 Å². The van der Waals surface area contributed by atoms with Crippen molar-refractivity contribution in [3.8, 4) is 11.5 Å². The Morgan fingerprint density at radius 2 is 1.45 bits per heavy atom. The number of amides is 3. The van der Waals surface area contributed by atoms with Crippen molar-refractivity contribution in [2.75, 3.05) is 18.5 Å². The van der Waals surface area contributed by atoms with Gasteiger partial charge in [-0.1, -0.05) is 12.1 Å². The Kier molecular flexibility index (Phi) is 8.50. The second-order valence-electron chi connectivity index (χ2n) is 5.94. The molecule has 0 heterocycles. The summed E-state index contributed by atoms with van der Waals surface area (Å²) in [5, 5.41) is 2.70. The number of carbonyl (C=O) groups is 3.